The molecule has 0 atom stereocenters. The number of benzene rings is 1. The molecule has 0 bridgehead atoms. The number of phenols is 1. The Hall–Kier alpha value is -2.87. The molecule has 1 aliphatic rings. The minimum Gasteiger partial charge on any atom is -0.507 e. The van der Waals surface area contributed by atoms with Gasteiger partial charge in [0, 0.05) is 43.0 Å². The molecular formula is C17H17ClN6O2. The zero-order valence-electron chi connectivity index (χ0n) is 14.1. The van der Waals surface area contributed by atoms with Crippen molar-refractivity contribution in [2.45, 2.75) is 6.92 Å². The summed E-state index contributed by atoms with van der Waals surface area (Å²) < 4.78 is 1.70. The number of halogens is 1. The number of rotatable bonds is 2. The lowest BCUT2D eigenvalue weighted by atomic mass is 10.1. The largest absolute Gasteiger partial charge is 0.507 e. The topological polar surface area (TPSA) is 86.9 Å². The first-order valence-corrected chi connectivity index (χ1v) is 8.61. The van der Waals surface area contributed by atoms with E-state index in [0.717, 1.165) is 11.5 Å². The van der Waals surface area contributed by atoms with Crippen LogP contribution in [0.25, 0.3) is 5.78 Å². The molecule has 134 valence electrons. The number of carbonyl (C=O) groups excluding carboxylic acids is 1. The molecule has 1 N–H and O–H groups in total. The molecule has 1 amide bonds. The van der Waals surface area contributed by atoms with Crippen LogP contribution in [-0.2, 0) is 0 Å². The van der Waals surface area contributed by atoms with Crippen molar-refractivity contribution in [3.63, 3.8) is 0 Å². The van der Waals surface area contributed by atoms with Crippen molar-refractivity contribution in [2.75, 3.05) is 31.1 Å². The SMILES string of the molecule is Cc1cc(N2CCN(C(=O)c3cc(Cl)ccc3O)CC2)n2ncnc2n1. The van der Waals surface area contributed by atoms with E-state index in [9.17, 15) is 9.90 Å². The van der Waals surface area contributed by atoms with Crippen LogP contribution < -0.4 is 4.90 Å². The van der Waals surface area contributed by atoms with Gasteiger partial charge in [0.25, 0.3) is 11.7 Å². The van der Waals surface area contributed by atoms with E-state index in [1.165, 1.54) is 18.5 Å². The fraction of sp³-hybridized carbons (Fsp3) is 0.294. The minimum absolute atomic E-state index is 0.0593. The molecule has 1 saturated heterocycles. The van der Waals surface area contributed by atoms with E-state index in [2.05, 4.69) is 20.0 Å². The number of amides is 1. The van der Waals surface area contributed by atoms with E-state index in [-0.39, 0.29) is 17.2 Å². The summed E-state index contributed by atoms with van der Waals surface area (Å²) in [5, 5.41) is 14.6. The van der Waals surface area contributed by atoms with Crippen molar-refractivity contribution >= 4 is 29.1 Å². The first-order chi connectivity index (χ1) is 12.5. The standard InChI is InChI=1S/C17H17ClN6O2/c1-11-8-15(24-17(21-11)19-10-20-24)22-4-6-23(7-5-22)16(26)13-9-12(18)2-3-14(13)25/h2-3,8-10,25H,4-7H2,1H3. The van der Waals surface area contributed by atoms with Gasteiger partial charge in [-0.3, -0.25) is 4.79 Å². The third-order valence-electron chi connectivity index (χ3n) is 4.44. The fourth-order valence-electron chi connectivity index (χ4n) is 3.13. The highest BCUT2D eigenvalue weighted by Gasteiger charge is 2.25. The second-order valence-corrected chi connectivity index (χ2v) is 6.60. The molecule has 4 rings (SSSR count). The Balaban J connectivity index is 1.53. The summed E-state index contributed by atoms with van der Waals surface area (Å²) in [5.74, 6) is 1.18. The Kier molecular flexibility index (Phi) is 4.12. The number of carbonyl (C=O) groups is 1. The fourth-order valence-corrected chi connectivity index (χ4v) is 3.30. The summed E-state index contributed by atoms with van der Waals surface area (Å²) >= 11 is 5.95. The van der Waals surface area contributed by atoms with Crippen molar-refractivity contribution < 1.29 is 9.90 Å². The molecule has 1 aliphatic heterocycles. The van der Waals surface area contributed by atoms with E-state index in [4.69, 9.17) is 11.6 Å². The van der Waals surface area contributed by atoms with Crippen LogP contribution >= 0.6 is 11.6 Å². The second-order valence-electron chi connectivity index (χ2n) is 6.17. The van der Waals surface area contributed by atoms with Crippen LogP contribution in [0.4, 0.5) is 5.82 Å². The first kappa shape index (κ1) is 16.6. The van der Waals surface area contributed by atoms with Gasteiger partial charge >= 0.3 is 0 Å². The molecule has 0 radical (unpaired) electrons. The molecule has 3 heterocycles. The molecule has 0 saturated carbocycles. The molecule has 2 aromatic heterocycles. The zero-order chi connectivity index (χ0) is 18.3. The number of anilines is 1. The number of piperazine rings is 1. The van der Waals surface area contributed by atoms with Crippen LogP contribution in [0, 0.1) is 6.92 Å². The van der Waals surface area contributed by atoms with E-state index < -0.39 is 0 Å². The molecule has 1 aromatic carbocycles. The first-order valence-electron chi connectivity index (χ1n) is 8.23. The van der Waals surface area contributed by atoms with Gasteiger partial charge in [-0.2, -0.15) is 14.6 Å². The normalized spacial score (nSPS) is 14.8. The molecular weight excluding hydrogens is 356 g/mol. The highest BCUT2D eigenvalue weighted by atomic mass is 35.5. The van der Waals surface area contributed by atoms with E-state index >= 15 is 0 Å². The van der Waals surface area contributed by atoms with Crippen molar-refractivity contribution in [1.82, 2.24) is 24.5 Å². The predicted octanol–water partition coefficient (Wildman–Crippen LogP) is 1.75. The lowest BCUT2D eigenvalue weighted by Gasteiger charge is -2.36. The number of fused-ring (bicyclic) bond motifs is 1. The number of aromatic nitrogens is 4. The average Bonchev–Trinajstić information content (AvgIpc) is 3.11. The summed E-state index contributed by atoms with van der Waals surface area (Å²) in [4.78, 5) is 25.1. The zero-order valence-corrected chi connectivity index (χ0v) is 14.9. The number of phenolic OH excluding ortho intramolecular Hbond substituents is 1. The maximum absolute atomic E-state index is 12.7. The van der Waals surface area contributed by atoms with Crippen LogP contribution in [0.15, 0.2) is 30.6 Å². The van der Waals surface area contributed by atoms with Crippen LogP contribution in [0.2, 0.25) is 5.02 Å². The molecule has 1 fully saturated rings. The number of hydrogen-bond acceptors (Lipinski definition) is 6. The molecule has 8 nitrogen and oxygen atoms in total. The van der Waals surface area contributed by atoms with Gasteiger partial charge in [0.05, 0.1) is 5.56 Å². The van der Waals surface area contributed by atoms with E-state index in [1.54, 1.807) is 15.5 Å². The van der Waals surface area contributed by atoms with Crippen molar-refractivity contribution in [1.29, 1.82) is 0 Å². The predicted molar refractivity (Wildman–Crippen MR) is 96.8 cm³/mol. The Bertz CT molecular complexity index is 981. The molecule has 0 unspecified atom stereocenters. The van der Waals surface area contributed by atoms with Gasteiger partial charge in [-0.1, -0.05) is 11.6 Å². The summed E-state index contributed by atoms with van der Waals surface area (Å²) in [6, 6.07) is 6.45. The van der Waals surface area contributed by atoms with Crippen LogP contribution in [0.3, 0.4) is 0 Å². The summed E-state index contributed by atoms with van der Waals surface area (Å²) in [6.07, 6.45) is 1.48. The van der Waals surface area contributed by atoms with Gasteiger partial charge < -0.3 is 14.9 Å². The van der Waals surface area contributed by atoms with Gasteiger partial charge in [-0.05, 0) is 25.1 Å². The van der Waals surface area contributed by atoms with E-state index in [1.807, 2.05) is 13.0 Å². The summed E-state index contributed by atoms with van der Waals surface area (Å²) in [5.41, 5.74) is 1.09. The van der Waals surface area contributed by atoms with Crippen molar-refractivity contribution in [2.24, 2.45) is 0 Å². The Labute approximate surface area is 154 Å². The lowest BCUT2D eigenvalue weighted by molar-refractivity contribution is 0.0743. The van der Waals surface area contributed by atoms with Crippen molar-refractivity contribution in [3.05, 3.63) is 46.9 Å². The Morgan fingerprint density at radius 3 is 2.73 bits per heavy atom. The molecule has 0 aliphatic carbocycles. The smallest absolute Gasteiger partial charge is 0.257 e. The van der Waals surface area contributed by atoms with Crippen LogP contribution in [0.1, 0.15) is 16.1 Å². The summed E-state index contributed by atoms with van der Waals surface area (Å²) in [7, 11) is 0. The second kappa shape index (κ2) is 6.45. The van der Waals surface area contributed by atoms with Gasteiger partial charge in [-0.15, -0.1) is 0 Å². The number of nitrogens with zero attached hydrogens (tertiary/aromatic N) is 6. The quantitative estimate of drug-likeness (QED) is 0.737. The number of aromatic hydroxyl groups is 1. The summed E-state index contributed by atoms with van der Waals surface area (Å²) in [6.45, 7) is 4.27. The minimum atomic E-state index is -0.221. The number of aryl methyl sites for hydroxylation is 1. The molecule has 3 aromatic rings. The Morgan fingerprint density at radius 1 is 1.19 bits per heavy atom. The molecule has 9 heteroatoms. The molecule has 26 heavy (non-hydrogen) atoms. The van der Waals surface area contributed by atoms with E-state index in [0.29, 0.717) is 37.0 Å². The van der Waals surface area contributed by atoms with Gasteiger partial charge in [0.1, 0.15) is 17.9 Å². The van der Waals surface area contributed by atoms with Gasteiger partial charge in [-0.25, -0.2) is 4.98 Å². The van der Waals surface area contributed by atoms with Crippen LogP contribution in [0.5, 0.6) is 5.75 Å². The Morgan fingerprint density at radius 2 is 1.96 bits per heavy atom. The third kappa shape index (κ3) is 2.92. The average molecular weight is 373 g/mol. The highest BCUT2D eigenvalue weighted by Crippen LogP contribution is 2.24. The molecule has 0 spiro atoms. The maximum Gasteiger partial charge on any atom is 0.257 e. The monoisotopic (exact) mass is 372 g/mol. The van der Waals surface area contributed by atoms with Gasteiger partial charge in [0.2, 0.25) is 0 Å². The maximum atomic E-state index is 12.7. The number of hydrogen-bond donors (Lipinski definition) is 1. The lowest BCUT2D eigenvalue weighted by Crippen LogP contribution is -2.49. The van der Waals surface area contributed by atoms with Gasteiger partial charge in [0.15, 0.2) is 0 Å². The van der Waals surface area contributed by atoms with Crippen molar-refractivity contribution in [3.8, 4) is 5.75 Å². The van der Waals surface area contributed by atoms with Crippen LogP contribution in [-0.4, -0.2) is 61.7 Å². The highest BCUT2D eigenvalue weighted by molar-refractivity contribution is 6.31. The third-order valence-corrected chi connectivity index (χ3v) is 4.68.